The summed E-state index contributed by atoms with van der Waals surface area (Å²) in [5.74, 6) is 0.00215. The smallest absolute Gasteiger partial charge is 0.237 e. The lowest BCUT2D eigenvalue weighted by molar-refractivity contribution is -0.141. The summed E-state index contributed by atoms with van der Waals surface area (Å²) in [5, 5.41) is 0.420. The van der Waals surface area contributed by atoms with Crippen molar-refractivity contribution in [3.8, 4) is 11.4 Å². The lowest BCUT2D eigenvalue weighted by Gasteiger charge is -2.06. The minimum absolute atomic E-state index is 0.00215. The van der Waals surface area contributed by atoms with Crippen LogP contribution >= 0.6 is 11.6 Å². The van der Waals surface area contributed by atoms with Crippen LogP contribution < -0.4 is 0 Å². The molecule has 0 amide bonds. The molecule has 0 aliphatic rings. The SMILES string of the molecule is FC(F)(F)c1ccnc(-c2cccc(Cl)c2)n1. The zero-order valence-corrected chi connectivity index (χ0v) is 9.13. The Hall–Kier alpha value is -1.62. The lowest BCUT2D eigenvalue weighted by atomic mass is 10.2. The van der Waals surface area contributed by atoms with Gasteiger partial charge in [0.05, 0.1) is 0 Å². The second kappa shape index (κ2) is 4.33. The van der Waals surface area contributed by atoms with E-state index in [1.807, 2.05) is 0 Å². The van der Waals surface area contributed by atoms with Gasteiger partial charge in [0.15, 0.2) is 5.82 Å². The molecule has 17 heavy (non-hydrogen) atoms. The quantitative estimate of drug-likeness (QED) is 0.777. The van der Waals surface area contributed by atoms with Gasteiger partial charge in [0.1, 0.15) is 5.69 Å². The van der Waals surface area contributed by atoms with Crippen molar-refractivity contribution < 1.29 is 13.2 Å². The third-order valence-corrected chi connectivity index (χ3v) is 2.26. The van der Waals surface area contributed by atoms with Crippen LogP contribution in [0, 0.1) is 0 Å². The van der Waals surface area contributed by atoms with Gasteiger partial charge in [-0.25, -0.2) is 9.97 Å². The Kier molecular flexibility index (Phi) is 3.02. The van der Waals surface area contributed by atoms with E-state index in [4.69, 9.17) is 11.6 Å². The lowest BCUT2D eigenvalue weighted by Crippen LogP contribution is -2.08. The van der Waals surface area contributed by atoms with E-state index < -0.39 is 11.9 Å². The fourth-order valence-corrected chi connectivity index (χ4v) is 1.47. The fourth-order valence-electron chi connectivity index (χ4n) is 1.28. The van der Waals surface area contributed by atoms with Crippen molar-refractivity contribution >= 4 is 11.6 Å². The van der Waals surface area contributed by atoms with Gasteiger partial charge in [-0.2, -0.15) is 13.2 Å². The monoisotopic (exact) mass is 258 g/mol. The summed E-state index contributed by atoms with van der Waals surface area (Å²) in [7, 11) is 0. The van der Waals surface area contributed by atoms with Gasteiger partial charge in [0, 0.05) is 16.8 Å². The Bertz CT molecular complexity index is 540. The third-order valence-electron chi connectivity index (χ3n) is 2.03. The Labute approximate surface area is 100 Å². The highest BCUT2D eigenvalue weighted by atomic mass is 35.5. The summed E-state index contributed by atoms with van der Waals surface area (Å²) < 4.78 is 37.3. The zero-order valence-electron chi connectivity index (χ0n) is 8.37. The molecule has 0 saturated heterocycles. The molecule has 0 aliphatic heterocycles. The van der Waals surface area contributed by atoms with Crippen molar-refractivity contribution in [2.45, 2.75) is 6.18 Å². The summed E-state index contributed by atoms with van der Waals surface area (Å²) >= 11 is 5.75. The van der Waals surface area contributed by atoms with E-state index in [1.165, 1.54) is 6.07 Å². The Morgan fingerprint density at radius 1 is 1.12 bits per heavy atom. The molecule has 1 aromatic carbocycles. The van der Waals surface area contributed by atoms with E-state index in [2.05, 4.69) is 9.97 Å². The summed E-state index contributed by atoms with van der Waals surface area (Å²) in [5.41, 5.74) is -0.522. The molecule has 2 aromatic rings. The fraction of sp³-hybridized carbons (Fsp3) is 0.0909. The van der Waals surface area contributed by atoms with Gasteiger partial charge in [-0.15, -0.1) is 0 Å². The van der Waals surface area contributed by atoms with Gasteiger partial charge in [-0.05, 0) is 18.2 Å². The summed E-state index contributed by atoms with van der Waals surface area (Å²) in [6, 6.07) is 7.19. The van der Waals surface area contributed by atoms with Crippen LogP contribution in [0.4, 0.5) is 13.2 Å². The first-order valence-electron chi connectivity index (χ1n) is 4.63. The topological polar surface area (TPSA) is 25.8 Å². The first-order valence-corrected chi connectivity index (χ1v) is 5.01. The number of halogens is 4. The number of hydrogen-bond acceptors (Lipinski definition) is 2. The summed E-state index contributed by atoms with van der Waals surface area (Å²) in [6.45, 7) is 0. The van der Waals surface area contributed by atoms with Crippen LogP contribution in [0.25, 0.3) is 11.4 Å². The Balaban J connectivity index is 2.47. The predicted molar refractivity (Wildman–Crippen MR) is 57.5 cm³/mol. The van der Waals surface area contributed by atoms with Gasteiger partial charge in [-0.1, -0.05) is 23.7 Å². The van der Waals surface area contributed by atoms with Crippen LogP contribution in [0.3, 0.4) is 0 Å². The van der Waals surface area contributed by atoms with E-state index >= 15 is 0 Å². The second-order valence-electron chi connectivity index (χ2n) is 3.27. The molecule has 2 rings (SSSR count). The van der Waals surface area contributed by atoms with Crippen LogP contribution in [0.5, 0.6) is 0 Å². The van der Waals surface area contributed by atoms with Crippen molar-refractivity contribution in [1.82, 2.24) is 9.97 Å². The highest BCUT2D eigenvalue weighted by Gasteiger charge is 2.32. The highest BCUT2D eigenvalue weighted by molar-refractivity contribution is 6.30. The molecular weight excluding hydrogens is 253 g/mol. The molecule has 2 nitrogen and oxygen atoms in total. The average Bonchev–Trinajstić information content (AvgIpc) is 2.28. The molecule has 0 bridgehead atoms. The molecule has 0 atom stereocenters. The molecular formula is C11H6ClF3N2. The van der Waals surface area contributed by atoms with Crippen molar-refractivity contribution in [2.75, 3.05) is 0 Å². The van der Waals surface area contributed by atoms with Gasteiger partial charge in [-0.3, -0.25) is 0 Å². The molecule has 0 aliphatic carbocycles. The van der Waals surface area contributed by atoms with Crippen molar-refractivity contribution in [3.05, 3.63) is 47.2 Å². The number of rotatable bonds is 1. The maximum absolute atomic E-state index is 12.4. The summed E-state index contributed by atoms with van der Waals surface area (Å²) in [4.78, 5) is 7.26. The van der Waals surface area contributed by atoms with Crippen molar-refractivity contribution in [2.24, 2.45) is 0 Å². The minimum atomic E-state index is -4.48. The zero-order chi connectivity index (χ0) is 12.5. The molecule has 88 valence electrons. The minimum Gasteiger partial charge on any atom is -0.237 e. The Morgan fingerprint density at radius 3 is 2.53 bits per heavy atom. The van der Waals surface area contributed by atoms with Crippen LogP contribution in [0.15, 0.2) is 36.5 Å². The number of alkyl halides is 3. The number of benzene rings is 1. The van der Waals surface area contributed by atoms with Gasteiger partial charge in [0.2, 0.25) is 0 Å². The van der Waals surface area contributed by atoms with Gasteiger partial charge < -0.3 is 0 Å². The maximum Gasteiger partial charge on any atom is 0.433 e. The molecule has 0 unspecified atom stereocenters. The standard InChI is InChI=1S/C11H6ClF3N2/c12-8-3-1-2-7(6-8)10-16-5-4-9(17-10)11(13,14)15/h1-6H. The second-order valence-corrected chi connectivity index (χ2v) is 3.71. The first kappa shape index (κ1) is 11.9. The van der Waals surface area contributed by atoms with E-state index in [9.17, 15) is 13.2 Å². The maximum atomic E-state index is 12.4. The van der Waals surface area contributed by atoms with Crippen LogP contribution in [-0.2, 0) is 6.18 Å². The number of hydrogen-bond donors (Lipinski definition) is 0. The molecule has 1 heterocycles. The molecule has 6 heteroatoms. The van der Waals surface area contributed by atoms with E-state index in [0.717, 1.165) is 12.3 Å². The van der Waals surface area contributed by atoms with Gasteiger partial charge >= 0.3 is 6.18 Å². The molecule has 1 aromatic heterocycles. The Morgan fingerprint density at radius 2 is 1.88 bits per heavy atom. The normalized spacial score (nSPS) is 11.5. The molecule has 0 fully saturated rings. The van der Waals surface area contributed by atoms with Gasteiger partial charge in [0.25, 0.3) is 0 Å². The van der Waals surface area contributed by atoms with Crippen LogP contribution in [0.1, 0.15) is 5.69 Å². The summed E-state index contributed by atoms with van der Waals surface area (Å²) in [6.07, 6.45) is -3.40. The molecule has 0 saturated carbocycles. The van der Waals surface area contributed by atoms with E-state index in [0.29, 0.717) is 10.6 Å². The third kappa shape index (κ3) is 2.74. The van der Waals surface area contributed by atoms with E-state index in [-0.39, 0.29) is 5.82 Å². The van der Waals surface area contributed by atoms with Crippen LogP contribution in [-0.4, -0.2) is 9.97 Å². The number of aromatic nitrogens is 2. The highest BCUT2D eigenvalue weighted by Crippen LogP contribution is 2.28. The molecule has 0 N–H and O–H groups in total. The van der Waals surface area contributed by atoms with Crippen LogP contribution in [0.2, 0.25) is 5.02 Å². The van der Waals surface area contributed by atoms with Crippen molar-refractivity contribution in [1.29, 1.82) is 0 Å². The first-order chi connectivity index (χ1) is 7.97. The molecule has 0 spiro atoms. The van der Waals surface area contributed by atoms with E-state index in [1.54, 1.807) is 18.2 Å². The predicted octanol–water partition coefficient (Wildman–Crippen LogP) is 3.82. The average molecular weight is 259 g/mol. The van der Waals surface area contributed by atoms with Crippen molar-refractivity contribution in [3.63, 3.8) is 0 Å². The number of nitrogens with zero attached hydrogens (tertiary/aromatic N) is 2. The largest absolute Gasteiger partial charge is 0.433 e. The molecule has 0 radical (unpaired) electrons.